The van der Waals surface area contributed by atoms with E-state index >= 15 is 0 Å². The third-order valence-electron chi connectivity index (χ3n) is 5.11. The first-order valence-corrected chi connectivity index (χ1v) is 9.89. The van der Waals surface area contributed by atoms with Crippen LogP contribution in [-0.4, -0.2) is 16.4 Å². The topological polar surface area (TPSA) is 77.1 Å². The Morgan fingerprint density at radius 2 is 1.69 bits per heavy atom. The highest BCUT2D eigenvalue weighted by atomic mass is 16.2. The summed E-state index contributed by atoms with van der Waals surface area (Å²) in [6.07, 6.45) is 0. The number of benzene rings is 2. The van der Waals surface area contributed by atoms with Gasteiger partial charge in [-0.05, 0) is 40.8 Å². The molecule has 0 aliphatic heterocycles. The van der Waals surface area contributed by atoms with Gasteiger partial charge in [0.25, 0.3) is 5.91 Å². The molecule has 0 saturated carbocycles. The molecule has 5 heteroatoms. The quantitative estimate of drug-likeness (QED) is 0.662. The Bertz CT molecular complexity index is 1050. The first-order valence-electron chi connectivity index (χ1n) is 9.89. The highest BCUT2D eigenvalue weighted by Crippen LogP contribution is 2.26. The van der Waals surface area contributed by atoms with E-state index < -0.39 is 5.91 Å². The second kappa shape index (κ2) is 7.74. The van der Waals surface area contributed by atoms with Gasteiger partial charge in [0.15, 0.2) is 0 Å². The molecule has 3 aromatic rings. The van der Waals surface area contributed by atoms with Crippen molar-refractivity contribution in [3.8, 4) is 0 Å². The summed E-state index contributed by atoms with van der Waals surface area (Å²) in [5.74, 6) is -0.620. The zero-order chi connectivity index (χ0) is 21.3. The lowest BCUT2D eigenvalue weighted by Crippen LogP contribution is -2.18. The molecule has 5 nitrogen and oxygen atoms in total. The van der Waals surface area contributed by atoms with E-state index in [1.165, 1.54) is 5.56 Å². The number of carbonyl (C=O) groups is 2. The van der Waals surface area contributed by atoms with Crippen LogP contribution in [0.25, 0.3) is 10.9 Å². The van der Waals surface area contributed by atoms with E-state index in [9.17, 15) is 9.59 Å². The van der Waals surface area contributed by atoms with Gasteiger partial charge < -0.3 is 15.6 Å². The third kappa shape index (κ3) is 4.50. The van der Waals surface area contributed by atoms with Crippen molar-refractivity contribution in [3.63, 3.8) is 0 Å². The van der Waals surface area contributed by atoms with E-state index in [-0.39, 0.29) is 17.2 Å². The lowest BCUT2D eigenvalue weighted by Gasteiger charge is -2.19. The van der Waals surface area contributed by atoms with Gasteiger partial charge in [-0.1, -0.05) is 58.9 Å². The van der Waals surface area contributed by atoms with E-state index in [1.807, 2.05) is 36.6 Å². The van der Waals surface area contributed by atoms with Crippen molar-refractivity contribution in [2.75, 3.05) is 5.32 Å². The van der Waals surface area contributed by atoms with E-state index in [2.05, 4.69) is 50.4 Å². The number of rotatable bonds is 5. The first-order chi connectivity index (χ1) is 13.6. The van der Waals surface area contributed by atoms with Gasteiger partial charge >= 0.3 is 0 Å². The van der Waals surface area contributed by atoms with Gasteiger partial charge in [0.1, 0.15) is 5.69 Å². The molecule has 2 aromatic carbocycles. The maximum Gasteiger partial charge on any atom is 0.265 e. The average Bonchev–Trinajstić information content (AvgIpc) is 2.99. The molecule has 29 heavy (non-hydrogen) atoms. The van der Waals surface area contributed by atoms with Crippen LogP contribution in [0.3, 0.4) is 0 Å². The van der Waals surface area contributed by atoms with Gasteiger partial charge in [-0.25, -0.2) is 0 Å². The molecule has 3 N–H and O–H groups in total. The van der Waals surface area contributed by atoms with Crippen LogP contribution < -0.4 is 11.1 Å². The van der Waals surface area contributed by atoms with Gasteiger partial charge in [0, 0.05) is 29.1 Å². The van der Waals surface area contributed by atoms with Gasteiger partial charge in [-0.2, -0.15) is 0 Å². The van der Waals surface area contributed by atoms with Gasteiger partial charge in [0.2, 0.25) is 5.91 Å². The van der Waals surface area contributed by atoms with E-state index in [0.29, 0.717) is 17.9 Å². The number of fused-ring (bicyclic) bond motifs is 1. The minimum absolute atomic E-state index is 0.0437. The SMILES string of the molecule is CC(C)C(=O)Nc1ccc2c(c1)cc(C(N)=O)n2Cc1ccc(C(C)(C)C)cc1. The largest absolute Gasteiger partial charge is 0.364 e. The Hall–Kier alpha value is -3.08. The summed E-state index contributed by atoms with van der Waals surface area (Å²) in [4.78, 5) is 24.0. The number of hydrogen-bond acceptors (Lipinski definition) is 2. The van der Waals surface area contributed by atoms with Crippen molar-refractivity contribution in [1.29, 1.82) is 0 Å². The maximum atomic E-state index is 12.1. The molecule has 0 atom stereocenters. The Kier molecular flexibility index (Phi) is 5.51. The van der Waals surface area contributed by atoms with Crippen LogP contribution in [0.4, 0.5) is 5.69 Å². The van der Waals surface area contributed by atoms with Crippen LogP contribution in [0.15, 0.2) is 48.5 Å². The molecule has 0 unspecified atom stereocenters. The molecule has 152 valence electrons. The smallest absolute Gasteiger partial charge is 0.265 e. The van der Waals surface area contributed by atoms with Crippen molar-refractivity contribution < 1.29 is 9.59 Å². The summed E-state index contributed by atoms with van der Waals surface area (Å²) in [6.45, 7) is 10.8. The fraction of sp³-hybridized carbons (Fsp3) is 0.333. The van der Waals surface area contributed by atoms with Gasteiger partial charge in [-0.3, -0.25) is 9.59 Å². The molecule has 0 saturated heterocycles. The van der Waals surface area contributed by atoms with Gasteiger partial charge in [0.05, 0.1) is 0 Å². The Balaban J connectivity index is 1.97. The zero-order valence-corrected chi connectivity index (χ0v) is 17.7. The number of nitrogens with one attached hydrogen (secondary N) is 1. The van der Waals surface area contributed by atoms with Crippen LogP contribution in [-0.2, 0) is 16.8 Å². The fourth-order valence-corrected chi connectivity index (χ4v) is 3.30. The van der Waals surface area contributed by atoms with Crippen LogP contribution in [0.2, 0.25) is 0 Å². The summed E-state index contributed by atoms with van der Waals surface area (Å²) in [5, 5.41) is 3.76. The van der Waals surface area contributed by atoms with Crippen LogP contribution >= 0.6 is 0 Å². The molecule has 0 fully saturated rings. The Morgan fingerprint density at radius 3 is 2.24 bits per heavy atom. The van der Waals surface area contributed by atoms with E-state index in [1.54, 1.807) is 6.07 Å². The number of hydrogen-bond donors (Lipinski definition) is 2. The summed E-state index contributed by atoms with van der Waals surface area (Å²) >= 11 is 0. The molecule has 0 aliphatic carbocycles. The number of anilines is 1. The molecule has 0 bridgehead atoms. The van der Waals surface area contributed by atoms with Gasteiger partial charge in [-0.15, -0.1) is 0 Å². The molecule has 0 aliphatic rings. The molecule has 0 radical (unpaired) electrons. The van der Waals surface area contributed by atoms with Crippen molar-refractivity contribution in [2.45, 2.75) is 46.6 Å². The first kappa shape index (κ1) is 20.6. The second-order valence-corrected chi connectivity index (χ2v) is 8.84. The summed E-state index contributed by atoms with van der Waals surface area (Å²) < 4.78 is 1.93. The monoisotopic (exact) mass is 391 g/mol. The lowest BCUT2D eigenvalue weighted by atomic mass is 9.87. The third-order valence-corrected chi connectivity index (χ3v) is 5.11. The van der Waals surface area contributed by atoms with Crippen molar-refractivity contribution in [3.05, 3.63) is 65.4 Å². The minimum Gasteiger partial charge on any atom is -0.364 e. The van der Waals surface area contributed by atoms with Crippen LogP contribution in [0.1, 0.15) is 56.2 Å². The highest BCUT2D eigenvalue weighted by molar-refractivity contribution is 6.00. The molecule has 1 heterocycles. The molecule has 2 amide bonds. The standard InChI is InChI=1S/C24H29N3O2/c1-15(2)23(29)26-19-10-11-20-17(12-19)13-21(22(25)28)27(20)14-16-6-8-18(9-7-16)24(3,4)5/h6-13,15H,14H2,1-5H3,(H2,25,28)(H,26,29). The predicted molar refractivity (Wildman–Crippen MR) is 118 cm³/mol. The minimum atomic E-state index is -0.472. The molecular formula is C24H29N3O2. The Morgan fingerprint density at radius 1 is 1.03 bits per heavy atom. The van der Waals surface area contributed by atoms with Crippen molar-refractivity contribution in [1.82, 2.24) is 4.57 Å². The fourth-order valence-electron chi connectivity index (χ4n) is 3.30. The normalized spacial score (nSPS) is 11.8. The number of primary amides is 1. The van der Waals surface area contributed by atoms with E-state index in [4.69, 9.17) is 5.73 Å². The number of amides is 2. The van der Waals surface area contributed by atoms with Crippen LogP contribution in [0.5, 0.6) is 0 Å². The molecule has 1 aromatic heterocycles. The lowest BCUT2D eigenvalue weighted by molar-refractivity contribution is -0.118. The molecule has 3 rings (SSSR count). The van der Waals surface area contributed by atoms with E-state index in [0.717, 1.165) is 16.5 Å². The zero-order valence-electron chi connectivity index (χ0n) is 17.7. The molecule has 0 spiro atoms. The predicted octanol–water partition coefficient (Wildman–Crippen LogP) is 4.68. The number of aromatic nitrogens is 1. The Labute approximate surface area is 171 Å². The summed E-state index contributed by atoms with van der Waals surface area (Å²) in [5.41, 5.74) is 10.2. The summed E-state index contributed by atoms with van der Waals surface area (Å²) in [7, 11) is 0. The highest BCUT2D eigenvalue weighted by Gasteiger charge is 2.16. The van der Waals surface area contributed by atoms with Crippen molar-refractivity contribution in [2.24, 2.45) is 11.7 Å². The van der Waals surface area contributed by atoms with Crippen LogP contribution in [0, 0.1) is 5.92 Å². The summed E-state index contributed by atoms with van der Waals surface area (Å²) in [6, 6.07) is 15.9. The number of carbonyl (C=O) groups excluding carboxylic acids is 2. The molecular weight excluding hydrogens is 362 g/mol. The maximum absolute atomic E-state index is 12.1. The number of nitrogens with two attached hydrogens (primary N) is 1. The number of nitrogens with zero attached hydrogens (tertiary/aromatic N) is 1. The average molecular weight is 392 g/mol. The second-order valence-electron chi connectivity index (χ2n) is 8.84. The van der Waals surface area contributed by atoms with Crippen molar-refractivity contribution >= 4 is 28.4 Å².